The number of nitrogens with zero attached hydrogens (tertiary/aromatic N) is 2. The third-order valence-electron chi connectivity index (χ3n) is 8.31. The summed E-state index contributed by atoms with van der Waals surface area (Å²) in [7, 11) is 0. The highest BCUT2D eigenvalue weighted by Gasteiger charge is 2.48. The van der Waals surface area contributed by atoms with Gasteiger partial charge in [0.15, 0.2) is 0 Å². The number of hydrogen-bond acceptors (Lipinski definition) is 9. The molecule has 3 N–H and O–H groups in total. The third-order valence-corrected chi connectivity index (χ3v) is 9.10. The molecule has 2 aliphatic rings. The van der Waals surface area contributed by atoms with Crippen LogP contribution in [0.5, 0.6) is 0 Å². The molecule has 2 fully saturated rings. The Labute approximate surface area is 224 Å². The van der Waals surface area contributed by atoms with Gasteiger partial charge in [-0.2, -0.15) is 0 Å². The first kappa shape index (κ1) is 29.9. The van der Waals surface area contributed by atoms with Gasteiger partial charge < -0.3 is 20.1 Å². The van der Waals surface area contributed by atoms with Crippen LogP contribution in [0.15, 0.2) is 11.0 Å². The molecule has 0 radical (unpaired) electrons. The summed E-state index contributed by atoms with van der Waals surface area (Å²) in [4.78, 5) is 33.1. The van der Waals surface area contributed by atoms with Gasteiger partial charge in [0.25, 0.3) is 0 Å². The van der Waals surface area contributed by atoms with Crippen LogP contribution in [0.2, 0.25) is 0 Å². The first-order valence-corrected chi connectivity index (χ1v) is 14.3. The van der Waals surface area contributed by atoms with Gasteiger partial charge in [-0.25, -0.2) is 4.98 Å². The van der Waals surface area contributed by atoms with Crippen LogP contribution in [0.1, 0.15) is 77.4 Å². The number of ether oxygens (including phenoxy) is 1. The standard InChI is InChI=1S/C28H44N2O6S/c1-16-8-7-9-21-22(30(21)10-11-31)13-23(17(2)12-20-15-37-19(4)29-20)36-25(33)14-24(32)28(5,6)27(35)18(3)26(16)34/h12,15-16,18,21-24,26,31-32,34H,7-11,13-14H2,1-6H3/t16-,18+,21+,22?,23?,24?,26-,30?/m0/s1. The van der Waals surface area contributed by atoms with Gasteiger partial charge in [0, 0.05) is 36.3 Å². The van der Waals surface area contributed by atoms with E-state index in [0.29, 0.717) is 13.0 Å². The van der Waals surface area contributed by atoms with Crippen LogP contribution >= 0.6 is 11.3 Å². The molecule has 208 valence electrons. The molecule has 0 bridgehead atoms. The molecular weight excluding hydrogens is 492 g/mol. The Kier molecular flexibility index (Phi) is 10.1. The van der Waals surface area contributed by atoms with Crippen molar-refractivity contribution in [1.29, 1.82) is 0 Å². The summed E-state index contributed by atoms with van der Waals surface area (Å²) in [5, 5.41) is 34.3. The lowest BCUT2D eigenvalue weighted by molar-refractivity contribution is -0.154. The van der Waals surface area contributed by atoms with E-state index in [0.717, 1.165) is 35.5 Å². The zero-order valence-corrected chi connectivity index (χ0v) is 23.8. The SMILES string of the molecule is CC(=Cc1csc(C)n1)C1CC2[C@@H](CCC[C@H](C)[C@H](O)[C@@H](C)C(=O)C(C)(C)C(O)CC(=O)O1)N2CCO. The van der Waals surface area contributed by atoms with Gasteiger partial charge in [-0.3, -0.25) is 14.5 Å². The molecule has 1 aromatic rings. The van der Waals surface area contributed by atoms with Crippen molar-refractivity contribution in [1.82, 2.24) is 9.88 Å². The summed E-state index contributed by atoms with van der Waals surface area (Å²) in [6, 6.07) is 0.434. The molecule has 1 aromatic heterocycles. The maximum atomic E-state index is 13.3. The molecule has 0 amide bonds. The molecule has 0 aromatic carbocycles. The van der Waals surface area contributed by atoms with E-state index in [-0.39, 0.29) is 36.8 Å². The summed E-state index contributed by atoms with van der Waals surface area (Å²) < 4.78 is 5.94. The van der Waals surface area contributed by atoms with Crippen LogP contribution in [0, 0.1) is 24.2 Å². The second-order valence-electron chi connectivity index (χ2n) is 11.5. The number of ketones is 1. The Bertz CT molecular complexity index is 976. The molecule has 8 atom stereocenters. The van der Waals surface area contributed by atoms with Crippen molar-refractivity contribution >= 4 is 29.2 Å². The van der Waals surface area contributed by atoms with Crippen LogP contribution in [-0.4, -0.2) is 80.5 Å². The maximum absolute atomic E-state index is 13.3. The summed E-state index contributed by atoms with van der Waals surface area (Å²) >= 11 is 1.55. The van der Waals surface area contributed by atoms with Crippen molar-refractivity contribution in [2.75, 3.05) is 13.2 Å². The number of cyclic esters (lactones) is 1. The zero-order valence-electron chi connectivity index (χ0n) is 23.0. The van der Waals surface area contributed by atoms with E-state index in [1.165, 1.54) is 0 Å². The molecule has 0 aliphatic carbocycles. The number of esters is 1. The van der Waals surface area contributed by atoms with Crippen LogP contribution < -0.4 is 0 Å². The van der Waals surface area contributed by atoms with Crippen molar-refractivity contribution < 1.29 is 29.6 Å². The maximum Gasteiger partial charge on any atom is 0.309 e. The van der Waals surface area contributed by atoms with E-state index >= 15 is 0 Å². The van der Waals surface area contributed by atoms with E-state index in [9.17, 15) is 24.9 Å². The van der Waals surface area contributed by atoms with Crippen LogP contribution in [-0.2, 0) is 14.3 Å². The molecule has 37 heavy (non-hydrogen) atoms. The van der Waals surface area contributed by atoms with Gasteiger partial charge in [0.1, 0.15) is 11.9 Å². The third kappa shape index (κ3) is 7.26. The van der Waals surface area contributed by atoms with Crippen molar-refractivity contribution in [2.24, 2.45) is 17.3 Å². The summed E-state index contributed by atoms with van der Waals surface area (Å²) in [5.41, 5.74) is 0.467. The van der Waals surface area contributed by atoms with Crippen molar-refractivity contribution in [3.05, 3.63) is 21.7 Å². The second-order valence-corrected chi connectivity index (χ2v) is 12.5. The number of fused-ring (bicyclic) bond motifs is 1. The molecule has 2 aliphatic heterocycles. The largest absolute Gasteiger partial charge is 0.458 e. The highest BCUT2D eigenvalue weighted by atomic mass is 32.1. The molecule has 4 unspecified atom stereocenters. The lowest BCUT2D eigenvalue weighted by Crippen LogP contribution is -2.45. The molecule has 9 heteroatoms. The van der Waals surface area contributed by atoms with Crippen molar-refractivity contribution in [2.45, 2.75) is 104 Å². The Morgan fingerprint density at radius 3 is 2.57 bits per heavy atom. The number of β-amino-alcohol motifs (C(OH)–C–C–N with tert-alkyl or cyclic N) is 1. The van der Waals surface area contributed by atoms with E-state index in [2.05, 4.69) is 9.88 Å². The number of aromatic nitrogens is 1. The minimum absolute atomic E-state index is 0.0559. The topological polar surface area (TPSA) is 120 Å². The minimum atomic E-state index is -1.24. The van der Waals surface area contributed by atoms with Gasteiger partial charge in [-0.1, -0.05) is 34.1 Å². The average Bonchev–Trinajstić information content (AvgIpc) is 3.29. The summed E-state index contributed by atoms with van der Waals surface area (Å²) in [5.74, 6) is -1.57. The molecule has 0 spiro atoms. The number of rotatable bonds is 4. The normalized spacial score (nSPS) is 36.1. The Hall–Kier alpha value is -1.65. The van der Waals surface area contributed by atoms with Gasteiger partial charge in [0.2, 0.25) is 0 Å². The summed E-state index contributed by atoms with van der Waals surface area (Å²) in [6.45, 7) is 11.4. The average molecular weight is 537 g/mol. The lowest BCUT2D eigenvalue weighted by atomic mass is 9.73. The smallest absolute Gasteiger partial charge is 0.309 e. The molecular formula is C28H44N2O6S. The fourth-order valence-electron chi connectivity index (χ4n) is 5.65. The van der Waals surface area contributed by atoms with Gasteiger partial charge in [0.05, 0.1) is 41.4 Å². The van der Waals surface area contributed by atoms with Gasteiger partial charge >= 0.3 is 5.97 Å². The van der Waals surface area contributed by atoms with Gasteiger partial charge in [-0.05, 0) is 44.3 Å². The Morgan fingerprint density at radius 1 is 1.24 bits per heavy atom. The highest BCUT2D eigenvalue weighted by Crippen LogP contribution is 2.39. The minimum Gasteiger partial charge on any atom is -0.458 e. The lowest BCUT2D eigenvalue weighted by Gasteiger charge is -2.34. The van der Waals surface area contributed by atoms with Crippen LogP contribution in [0.3, 0.4) is 0 Å². The second kappa shape index (κ2) is 12.5. The number of aliphatic hydroxyl groups excluding tert-OH is 3. The number of aliphatic hydroxyl groups is 3. The number of thiazole rings is 1. The molecule has 2 saturated heterocycles. The van der Waals surface area contributed by atoms with Gasteiger partial charge in [-0.15, -0.1) is 11.3 Å². The molecule has 3 heterocycles. The monoisotopic (exact) mass is 536 g/mol. The van der Waals surface area contributed by atoms with E-state index in [4.69, 9.17) is 4.74 Å². The Morgan fingerprint density at radius 2 is 1.95 bits per heavy atom. The predicted octanol–water partition coefficient (Wildman–Crippen LogP) is 3.37. The highest BCUT2D eigenvalue weighted by molar-refractivity contribution is 7.09. The zero-order chi connectivity index (χ0) is 27.5. The molecule has 8 nitrogen and oxygen atoms in total. The Balaban J connectivity index is 1.88. The van der Waals surface area contributed by atoms with E-state index < -0.39 is 35.6 Å². The predicted molar refractivity (Wildman–Crippen MR) is 144 cm³/mol. The fraction of sp³-hybridized carbons (Fsp3) is 0.750. The number of aryl methyl sites for hydroxylation is 1. The van der Waals surface area contributed by atoms with E-state index in [1.54, 1.807) is 32.1 Å². The van der Waals surface area contributed by atoms with Crippen molar-refractivity contribution in [3.63, 3.8) is 0 Å². The quantitative estimate of drug-likeness (QED) is 0.396. The fourth-order valence-corrected chi connectivity index (χ4v) is 6.22. The number of carbonyl (C=O) groups is 2. The van der Waals surface area contributed by atoms with Crippen LogP contribution in [0.4, 0.5) is 0 Å². The van der Waals surface area contributed by atoms with E-state index in [1.807, 2.05) is 32.2 Å². The first-order valence-electron chi connectivity index (χ1n) is 13.4. The molecule has 3 rings (SSSR count). The number of hydrogen-bond donors (Lipinski definition) is 3. The first-order chi connectivity index (χ1) is 17.4. The molecule has 0 saturated carbocycles. The van der Waals surface area contributed by atoms with Crippen LogP contribution in [0.25, 0.3) is 6.08 Å². The van der Waals surface area contributed by atoms with Crippen molar-refractivity contribution in [3.8, 4) is 0 Å². The summed E-state index contributed by atoms with van der Waals surface area (Å²) in [6.07, 6.45) is 2.19. The number of Topliss-reactive ketones (excluding diaryl/α,β-unsaturated/α-hetero) is 1. The number of carbonyl (C=O) groups excluding carboxylic acids is 2.